The Morgan fingerprint density at radius 1 is 0.885 bits per heavy atom. The molecule has 3 aromatic carbocycles. The second-order valence-electron chi connectivity index (χ2n) is 6.93. The molecule has 0 spiro atoms. The Bertz CT molecular complexity index is 921. The van der Waals surface area contributed by atoms with Crippen molar-refractivity contribution in [2.24, 2.45) is 0 Å². The molecule has 2 nitrogen and oxygen atoms in total. The maximum atomic E-state index is 6.80. The van der Waals surface area contributed by atoms with Crippen molar-refractivity contribution in [3.8, 4) is 0 Å². The van der Waals surface area contributed by atoms with Gasteiger partial charge in [0.1, 0.15) is 16.2 Å². The number of rotatable bonds is 2. The topological polar surface area (TPSA) is 21.3 Å². The Morgan fingerprint density at radius 2 is 1.50 bits per heavy atom. The molecule has 0 aliphatic carbocycles. The SMILES string of the molecule is Brc1ccc2c(c1)[C@@]1(Br)CC(c3ccccc3)(c3ccccc3)OC1N2. The average molecular weight is 471 g/mol. The fraction of sp³-hybridized carbons (Fsp3) is 0.182. The monoisotopic (exact) mass is 469 g/mol. The lowest BCUT2D eigenvalue weighted by atomic mass is 9.80. The molecule has 26 heavy (non-hydrogen) atoms. The van der Waals surface area contributed by atoms with Crippen LogP contribution in [0.2, 0.25) is 0 Å². The van der Waals surface area contributed by atoms with Gasteiger partial charge in [-0.1, -0.05) is 92.5 Å². The van der Waals surface area contributed by atoms with E-state index in [1.165, 1.54) is 16.7 Å². The summed E-state index contributed by atoms with van der Waals surface area (Å²) in [6.07, 6.45) is 0.682. The molecular formula is C22H17Br2NO. The molecule has 2 heterocycles. The summed E-state index contributed by atoms with van der Waals surface area (Å²) in [6, 6.07) is 27.4. The smallest absolute Gasteiger partial charge is 0.149 e. The molecule has 0 aromatic heterocycles. The number of benzene rings is 3. The van der Waals surface area contributed by atoms with Gasteiger partial charge in [-0.15, -0.1) is 0 Å². The van der Waals surface area contributed by atoms with E-state index in [1.54, 1.807) is 0 Å². The summed E-state index contributed by atoms with van der Waals surface area (Å²) in [7, 11) is 0. The van der Waals surface area contributed by atoms with Gasteiger partial charge in [-0.05, 0) is 34.9 Å². The molecule has 4 heteroatoms. The second kappa shape index (κ2) is 5.95. The Hall–Kier alpha value is -1.62. The zero-order valence-corrected chi connectivity index (χ0v) is 17.1. The predicted octanol–water partition coefficient (Wildman–Crippen LogP) is 6.16. The Morgan fingerprint density at radius 3 is 2.12 bits per heavy atom. The van der Waals surface area contributed by atoms with Crippen LogP contribution in [0.25, 0.3) is 0 Å². The van der Waals surface area contributed by atoms with Crippen molar-refractivity contribution >= 4 is 37.5 Å². The number of nitrogens with one attached hydrogen (secondary N) is 1. The minimum absolute atomic E-state index is 0.132. The van der Waals surface area contributed by atoms with Crippen LogP contribution in [0, 0.1) is 0 Å². The van der Waals surface area contributed by atoms with Gasteiger partial charge in [-0.2, -0.15) is 0 Å². The van der Waals surface area contributed by atoms with Crippen molar-refractivity contribution < 1.29 is 4.74 Å². The number of hydrogen-bond acceptors (Lipinski definition) is 2. The summed E-state index contributed by atoms with van der Waals surface area (Å²) in [6.45, 7) is 0. The van der Waals surface area contributed by atoms with Crippen LogP contribution < -0.4 is 5.32 Å². The van der Waals surface area contributed by atoms with E-state index in [4.69, 9.17) is 4.74 Å². The number of fused-ring (bicyclic) bond motifs is 3. The third-order valence-corrected chi connectivity index (χ3v) is 7.05. The van der Waals surface area contributed by atoms with Crippen molar-refractivity contribution in [1.29, 1.82) is 0 Å². The number of anilines is 1. The minimum atomic E-state index is -0.496. The van der Waals surface area contributed by atoms with Crippen molar-refractivity contribution in [2.75, 3.05) is 5.32 Å². The highest BCUT2D eigenvalue weighted by Crippen LogP contribution is 2.61. The maximum absolute atomic E-state index is 6.80. The molecule has 130 valence electrons. The molecule has 2 aliphatic heterocycles. The van der Waals surface area contributed by atoms with Crippen LogP contribution in [0.5, 0.6) is 0 Å². The zero-order valence-electron chi connectivity index (χ0n) is 14.0. The Labute approximate surface area is 169 Å². The summed E-state index contributed by atoms with van der Waals surface area (Å²) >= 11 is 7.68. The lowest BCUT2D eigenvalue weighted by molar-refractivity contribution is -0.00516. The number of halogens is 2. The van der Waals surface area contributed by atoms with Crippen molar-refractivity contribution in [1.82, 2.24) is 0 Å². The first-order valence-electron chi connectivity index (χ1n) is 8.66. The van der Waals surface area contributed by atoms with E-state index in [0.29, 0.717) is 0 Å². The summed E-state index contributed by atoms with van der Waals surface area (Å²) in [5.74, 6) is 0. The Balaban J connectivity index is 1.68. The Kier molecular flexibility index (Phi) is 3.78. The molecule has 0 bridgehead atoms. The van der Waals surface area contributed by atoms with Crippen molar-refractivity contribution in [2.45, 2.75) is 22.6 Å². The molecule has 2 aliphatic rings. The van der Waals surface area contributed by atoms with Gasteiger partial charge in [0.2, 0.25) is 0 Å². The molecule has 3 aromatic rings. The predicted molar refractivity (Wildman–Crippen MR) is 112 cm³/mol. The molecule has 5 rings (SSSR count). The molecule has 0 saturated carbocycles. The van der Waals surface area contributed by atoms with E-state index in [2.05, 4.69) is 104 Å². The summed E-state index contributed by atoms with van der Waals surface area (Å²) in [5, 5.41) is 3.57. The first kappa shape index (κ1) is 16.5. The molecule has 1 unspecified atom stereocenters. The molecule has 2 atom stereocenters. The highest BCUT2D eigenvalue weighted by Gasteiger charge is 2.60. The molecular weight excluding hydrogens is 454 g/mol. The fourth-order valence-electron chi connectivity index (χ4n) is 4.22. The minimum Gasteiger partial charge on any atom is -0.358 e. The van der Waals surface area contributed by atoms with Crippen LogP contribution in [-0.4, -0.2) is 6.23 Å². The molecule has 1 saturated heterocycles. The second-order valence-corrected chi connectivity index (χ2v) is 9.26. The van der Waals surface area contributed by atoms with Gasteiger partial charge in [-0.3, -0.25) is 0 Å². The van der Waals surface area contributed by atoms with Gasteiger partial charge in [0.15, 0.2) is 0 Å². The van der Waals surface area contributed by atoms with Gasteiger partial charge < -0.3 is 10.1 Å². The van der Waals surface area contributed by atoms with E-state index in [-0.39, 0.29) is 10.6 Å². The normalized spacial score (nSPS) is 25.4. The average Bonchev–Trinajstić information content (AvgIpc) is 3.12. The molecule has 1 fully saturated rings. The van der Waals surface area contributed by atoms with E-state index in [1.807, 2.05) is 12.1 Å². The first-order valence-corrected chi connectivity index (χ1v) is 10.2. The third-order valence-electron chi connectivity index (χ3n) is 5.44. The quantitative estimate of drug-likeness (QED) is 0.453. The molecule has 1 N–H and O–H groups in total. The largest absolute Gasteiger partial charge is 0.358 e. The first-order chi connectivity index (χ1) is 12.6. The van der Waals surface area contributed by atoms with Gasteiger partial charge in [0.25, 0.3) is 0 Å². The standard InChI is InChI=1S/C22H17Br2NO/c23-17-11-12-19-18(13-17)21(24)14-22(26-20(21)25-19,15-7-3-1-4-8-15)16-9-5-2-6-10-16/h1-13,20,25H,14H2/t20?,21-/m0/s1. The lowest BCUT2D eigenvalue weighted by Gasteiger charge is -2.31. The third kappa shape index (κ3) is 2.32. The van der Waals surface area contributed by atoms with Crippen LogP contribution in [0.15, 0.2) is 83.3 Å². The fourth-order valence-corrected chi connectivity index (χ4v) is 5.51. The van der Waals surface area contributed by atoms with E-state index in [9.17, 15) is 0 Å². The van der Waals surface area contributed by atoms with Crippen molar-refractivity contribution in [3.63, 3.8) is 0 Å². The van der Waals surface area contributed by atoms with E-state index in [0.717, 1.165) is 16.6 Å². The number of hydrogen-bond donors (Lipinski definition) is 1. The number of ether oxygens (including phenoxy) is 1. The summed E-state index contributed by atoms with van der Waals surface area (Å²) < 4.78 is 7.60. The molecule has 0 amide bonds. The lowest BCUT2D eigenvalue weighted by Crippen LogP contribution is -2.30. The van der Waals surface area contributed by atoms with Crippen LogP contribution in [0.4, 0.5) is 5.69 Å². The summed E-state index contributed by atoms with van der Waals surface area (Å²) in [4.78, 5) is 0. The number of alkyl halides is 1. The van der Waals surface area contributed by atoms with E-state index >= 15 is 0 Å². The van der Waals surface area contributed by atoms with Crippen LogP contribution in [-0.2, 0) is 14.7 Å². The van der Waals surface area contributed by atoms with Gasteiger partial charge in [-0.25, -0.2) is 0 Å². The van der Waals surface area contributed by atoms with Gasteiger partial charge in [0.05, 0.1) is 0 Å². The van der Waals surface area contributed by atoms with Gasteiger partial charge >= 0.3 is 0 Å². The highest BCUT2D eigenvalue weighted by atomic mass is 79.9. The van der Waals surface area contributed by atoms with Crippen LogP contribution in [0.1, 0.15) is 23.1 Å². The van der Waals surface area contributed by atoms with Crippen LogP contribution in [0.3, 0.4) is 0 Å². The molecule has 0 radical (unpaired) electrons. The van der Waals surface area contributed by atoms with Gasteiger partial charge in [0, 0.05) is 16.6 Å². The van der Waals surface area contributed by atoms with Crippen LogP contribution >= 0.6 is 31.9 Å². The summed E-state index contributed by atoms with van der Waals surface area (Å²) in [5.41, 5.74) is 4.23. The maximum Gasteiger partial charge on any atom is 0.149 e. The zero-order chi connectivity index (χ0) is 17.8. The van der Waals surface area contributed by atoms with E-state index < -0.39 is 5.60 Å². The van der Waals surface area contributed by atoms with Crippen molar-refractivity contribution in [3.05, 3.63) is 100 Å². The highest BCUT2D eigenvalue weighted by molar-refractivity contribution is 9.10.